The van der Waals surface area contributed by atoms with Crippen molar-refractivity contribution in [1.29, 1.82) is 0 Å². The van der Waals surface area contributed by atoms with E-state index >= 15 is 0 Å². The third kappa shape index (κ3) is 4.49. The van der Waals surface area contributed by atoms with Gasteiger partial charge in [-0.3, -0.25) is 0 Å². The number of carbonyl (C=O) groups is 1. The molecular weight excluding hydrogens is 354 g/mol. The molecule has 7 heteroatoms. The molecule has 2 aromatic carbocycles. The van der Waals surface area contributed by atoms with Gasteiger partial charge in [-0.15, -0.1) is 0 Å². The van der Waals surface area contributed by atoms with Crippen LogP contribution < -0.4 is 4.72 Å². The van der Waals surface area contributed by atoms with E-state index in [1.807, 2.05) is 6.92 Å². The Labute approximate surface area is 153 Å². The van der Waals surface area contributed by atoms with E-state index in [-0.39, 0.29) is 4.90 Å². The maximum Gasteiger partial charge on any atom is 0.339 e. The molecule has 1 aliphatic rings. The molecule has 1 aliphatic heterocycles. The molecule has 1 fully saturated rings. The second kappa shape index (κ2) is 7.99. The lowest BCUT2D eigenvalue weighted by Gasteiger charge is -2.24. The van der Waals surface area contributed by atoms with Crippen molar-refractivity contribution in [2.24, 2.45) is 0 Å². The van der Waals surface area contributed by atoms with Gasteiger partial charge in [0, 0.05) is 6.61 Å². The number of esters is 1. The van der Waals surface area contributed by atoms with Gasteiger partial charge in [-0.25, -0.2) is 13.2 Å². The van der Waals surface area contributed by atoms with Crippen LogP contribution in [0, 0.1) is 6.92 Å². The molecule has 2 unspecified atom stereocenters. The first-order chi connectivity index (χ1) is 12.5. The van der Waals surface area contributed by atoms with E-state index in [9.17, 15) is 13.2 Å². The molecular formula is C19H21NO5S. The Morgan fingerprint density at radius 3 is 2.46 bits per heavy atom. The zero-order valence-electron chi connectivity index (χ0n) is 14.4. The van der Waals surface area contributed by atoms with Crippen LogP contribution in [0.5, 0.6) is 0 Å². The van der Waals surface area contributed by atoms with E-state index in [2.05, 4.69) is 4.72 Å². The van der Waals surface area contributed by atoms with Crippen molar-refractivity contribution in [3.8, 4) is 0 Å². The molecule has 0 spiro atoms. The standard InChI is InChI=1S/C19H21NO5S/c1-14-9-11-16(12-10-14)26(22,23)20-18(17-8-5-13-24-17)25-19(21)15-6-3-2-4-7-15/h2-4,6-7,9-12,17-18,20H,5,8,13H2,1H3. The van der Waals surface area contributed by atoms with Crippen molar-refractivity contribution < 1.29 is 22.7 Å². The molecule has 0 amide bonds. The molecule has 1 saturated heterocycles. The van der Waals surface area contributed by atoms with Crippen LogP contribution in [-0.2, 0) is 19.5 Å². The van der Waals surface area contributed by atoms with Crippen LogP contribution >= 0.6 is 0 Å². The molecule has 1 heterocycles. The molecule has 2 atom stereocenters. The van der Waals surface area contributed by atoms with Crippen molar-refractivity contribution in [2.75, 3.05) is 6.61 Å². The van der Waals surface area contributed by atoms with Crippen LogP contribution in [0.15, 0.2) is 59.5 Å². The summed E-state index contributed by atoms with van der Waals surface area (Å²) in [6.45, 7) is 2.39. The normalized spacial score (nSPS) is 18.4. The number of hydrogen-bond donors (Lipinski definition) is 1. The zero-order chi connectivity index (χ0) is 18.6. The van der Waals surface area contributed by atoms with Crippen molar-refractivity contribution in [3.05, 3.63) is 65.7 Å². The molecule has 0 radical (unpaired) electrons. The highest BCUT2D eigenvalue weighted by Crippen LogP contribution is 2.20. The minimum Gasteiger partial charge on any atom is -0.439 e. The summed E-state index contributed by atoms with van der Waals surface area (Å²) in [6.07, 6.45) is -0.196. The fourth-order valence-electron chi connectivity index (χ4n) is 2.71. The quantitative estimate of drug-likeness (QED) is 0.620. The average molecular weight is 375 g/mol. The van der Waals surface area contributed by atoms with Crippen LogP contribution in [0.2, 0.25) is 0 Å². The molecule has 3 rings (SSSR count). The number of benzene rings is 2. The number of ether oxygens (including phenoxy) is 2. The Bertz CT molecular complexity index is 843. The van der Waals surface area contributed by atoms with E-state index < -0.39 is 28.3 Å². The van der Waals surface area contributed by atoms with E-state index in [4.69, 9.17) is 9.47 Å². The summed E-state index contributed by atoms with van der Waals surface area (Å²) in [6, 6.07) is 14.9. The highest BCUT2D eigenvalue weighted by molar-refractivity contribution is 7.89. The molecule has 2 aromatic rings. The zero-order valence-corrected chi connectivity index (χ0v) is 15.2. The minimum atomic E-state index is -3.85. The summed E-state index contributed by atoms with van der Waals surface area (Å²) in [5.74, 6) is -0.599. The highest BCUT2D eigenvalue weighted by atomic mass is 32.2. The summed E-state index contributed by atoms with van der Waals surface area (Å²) < 4.78 is 38.8. The van der Waals surface area contributed by atoms with E-state index in [1.54, 1.807) is 42.5 Å². The first-order valence-electron chi connectivity index (χ1n) is 8.42. The lowest BCUT2D eigenvalue weighted by Crippen LogP contribution is -2.46. The van der Waals surface area contributed by atoms with Crippen LogP contribution in [-0.4, -0.2) is 33.3 Å². The third-order valence-corrected chi connectivity index (χ3v) is 5.58. The largest absolute Gasteiger partial charge is 0.439 e. The second-order valence-electron chi connectivity index (χ2n) is 6.18. The summed E-state index contributed by atoms with van der Waals surface area (Å²) in [5, 5.41) is 0. The number of hydrogen-bond acceptors (Lipinski definition) is 5. The topological polar surface area (TPSA) is 81.7 Å². The monoisotopic (exact) mass is 375 g/mol. The number of sulfonamides is 1. The van der Waals surface area contributed by atoms with Crippen LogP contribution in [0.1, 0.15) is 28.8 Å². The summed E-state index contributed by atoms with van der Waals surface area (Å²) in [5.41, 5.74) is 1.31. The molecule has 1 N–H and O–H groups in total. The fraction of sp³-hybridized carbons (Fsp3) is 0.316. The van der Waals surface area contributed by atoms with Gasteiger partial charge in [0.2, 0.25) is 10.0 Å². The van der Waals surface area contributed by atoms with Gasteiger partial charge in [-0.1, -0.05) is 35.9 Å². The smallest absolute Gasteiger partial charge is 0.339 e. The van der Waals surface area contributed by atoms with Crippen LogP contribution in [0.4, 0.5) is 0 Å². The van der Waals surface area contributed by atoms with Crippen LogP contribution in [0.25, 0.3) is 0 Å². The molecule has 26 heavy (non-hydrogen) atoms. The first kappa shape index (κ1) is 18.6. The molecule has 6 nitrogen and oxygen atoms in total. The predicted octanol–water partition coefficient (Wildman–Crippen LogP) is 2.64. The molecule has 0 bridgehead atoms. The minimum absolute atomic E-state index is 0.113. The van der Waals surface area contributed by atoms with Gasteiger partial charge >= 0.3 is 5.97 Å². The van der Waals surface area contributed by atoms with Crippen molar-refractivity contribution in [3.63, 3.8) is 0 Å². The Morgan fingerprint density at radius 2 is 1.85 bits per heavy atom. The van der Waals surface area contributed by atoms with Gasteiger partial charge in [-0.2, -0.15) is 4.72 Å². The van der Waals surface area contributed by atoms with Gasteiger partial charge in [0.25, 0.3) is 0 Å². The van der Waals surface area contributed by atoms with Crippen LogP contribution in [0.3, 0.4) is 0 Å². The molecule has 138 valence electrons. The van der Waals surface area contributed by atoms with E-state index in [0.717, 1.165) is 12.0 Å². The highest BCUT2D eigenvalue weighted by Gasteiger charge is 2.33. The molecule has 0 aromatic heterocycles. The van der Waals surface area contributed by atoms with E-state index in [0.29, 0.717) is 18.6 Å². The van der Waals surface area contributed by atoms with Crippen molar-refractivity contribution >= 4 is 16.0 Å². The molecule has 0 saturated carbocycles. The number of carbonyl (C=O) groups excluding carboxylic acids is 1. The summed E-state index contributed by atoms with van der Waals surface area (Å²) in [4.78, 5) is 12.5. The Hall–Kier alpha value is -2.22. The van der Waals surface area contributed by atoms with Gasteiger partial charge in [0.1, 0.15) is 6.10 Å². The lowest BCUT2D eigenvalue weighted by atomic mass is 10.2. The SMILES string of the molecule is Cc1ccc(S(=O)(=O)NC(OC(=O)c2ccccc2)C2CCCO2)cc1. The van der Waals surface area contributed by atoms with Gasteiger partial charge in [-0.05, 0) is 44.0 Å². The third-order valence-electron chi connectivity index (χ3n) is 4.15. The number of aryl methyl sites for hydroxylation is 1. The lowest BCUT2D eigenvalue weighted by molar-refractivity contribution is -0.0329. The fourth-order valence-corrected chi connectivity index (χ4v) is 3.85. The maximum atomic E-state index is 12.7. The average Bonchev–Trinajstić information content (AvgIpc) is 3.17. The van der Waals surface area contributed by atoms with Crippen molar-refractivity contribution in [1.82, 2.24) is 4.72 Å². The predicted molar refractivity (Wildman–Crippen MR) is 96.1 cm³/mol. The second-order valence-corrected chi connectivity index (χ2v) is 7.89. The number of nitrogens with one attached hydrogen (secondary N) is 1. The molecule has 0 aliphatic carbocycles. The van der Waals surface area contributed by atoms with Gasteiger partial charge in [0.15, 0.2) is 6.23 Å². The maximum absolute atomic E-state index is 12.7. The van der Waals surface area contributed by atoms with Gasteiger partial charge in [0.05, 0.1) is 10.5 Å². The Morgan fingerprint density at radius 1 is 1.15 bits per heavy atom. The Balaban J connectivity index is 1.80. The first-order valence-corrected chi connectivity index (χ1v) is 9.91. The Kier molecular flexibility index (Phi) is 5.70. The summed E-state index contributed by atoms with van der Waals surface area (Å²) >= 11 is 0. The number of rotatable bonds is 6. The van der Waals surface area contributed by atoms with Crippen molar-refractivity contribution in [2.45, 2.75) is 37.0 Å². The van der Waals surface area contributed by atoms with Gasteiger partial charge < -0.3 is 9.47 Å². The summed E-state index contributed by atoms with van der Waals surface area (Å²) in [7, 11) is -3.85. The van der Waals surface area contributed by atoms with E-state index in [1.165, 1.54) is 12.1 Å².